The lowest BCUT2D eigenvalue weighted by atomic mass is 10.1. The lowest BCUT2D eigenvalue weighted by Crippen LogP contribution is -2.27. The highest BCUT2D eigenvalue weighted by Gasteiger charge is 2.03. The van der Waals surface area contributed by atoms with E-state index in [0.29, 0.717) is 6.54 Å². The maximum atomic E-state index is 11.8. The topological polar surface area (TPSA) is 54.0 Å². The Morgan fingerprint density at radius 2 is 2.05 bits per heavy atom. The Kier molecular flexibility index (Phi) is 4.85. The number of pyridine rings is 1. The molecule has 4 nitrogen and oxygen atoms in total. The lowest BCUT2D eigenvalue weighted by Gasteiger charge is -2.08. The third-order valence-corrected chi connectivity index (χ3v) is 3.13. The zero-order valence-electron chi connectivity index (χ0n) is 11.8. The van der Waals surface area contributed by atoms with E-state index in [-0.39, 0.29) is 12.5 Å². The number of nitrogens with one attached hydrogen (secondary N) is 2. The molecule has 0 saturated heterocycles. The second-order valence-corrected chi connectivity index (χ2v) is 4.81. The van der Waals surface area contributed by atoms with Gasteiger partial charge < -0.3 is 10.6 Å². The summed E-state index contributed by atoms with van der Waals surface area (Å²) in [5.74, 6) is -0.0443. The smallest absolute Gasteiger partial charge is 0.238 e. The molecule has 0 aliphatic heterocycles. The Balaban J connectivity index is 1.79. The van der Waals surface area contributed by atoms with E-state index < -0.39 is 0 Å². The van der Waals surface area contributed by atoms with Gasteiger partial charge in [0.25, 0.3) is 0 Å². The van der Waals surface area contributed by atoms with E-state index in [2.05, 4.69) is 22.5 Å². The molecule has 1 aromatic heterocycles. The second kappa shape index (κ2) is 6.82. The Morgan fingerprint density at radius 3 is 2.75 bits per heavy atom. The monoisotopic (exact) mass is 269 g/mol. The van der Waals surface area contributed by atoms with Crippen LogP contribution in [0.4, 0.5) is 5.69 Å². The number of amides is 1. The molecule has 0 bridgehead atoms. The van der Waals surface area contributed by atoms with Gasteiger partial charge in [0.2, 0.25) is 5.91 Å². The molecule has 104 valence electrons. The van der Waals surface area contributed by atoms with Crippen LogP contribution in [0.1, 0.15) is 16.7 Å². The van der Waals surface area contributed by atoms with Gasteiger partial charge in [-0.15, -0.1) is 0 Å². The summed E-state index contributed by atoms with van der Waals surface area (Å²) in [6.45, 7) is 5.00. The molecule has 0 fully saturated rings. The Hall–Kier alpha value is -2.20. The van der Waals surface area contributed by atoms with Crippen molar-refractivity contribution in [3.63, 3.8) is 0 Å². The average Bonchev–Trinajstić information content (AvgIpc) is 2.44. The summed E-state index contributed by atoms with van der Waals surface area (Å²) in [5.41, 5.74) is 4.29. The van der Waals surface area contributed by atoms with Crippen molar-refractivity contribution in [3.05, 3.63) is 59.4 Å². The average molecular weight is 269 g/mol. The molecule has 0 saturated carbocycles. The van der Waals surface area contributed by atoms with Crippen molar-refractivity contribution in [2.24, 2.45) is 0 Å². The molecule has 0 atom stereocenters. The number of aromatic nitrogens is 1. The zero-order valence-corrected chi connectivity index (χ0v) is 11.8. The maximum absolute atomic E-state index is 11.8. The maximum Gasteiger partial charge on any atom is 0.238 e. The van der Waals surface area contributed by atoms with E-state index in [1.54, 1.807) is 12.4 Å². The normalized spacial score (nSPS) is 10.3. The fourth-order valence-corrected chi connectivity index (χ4v) is 1.85. The van der Waals surface area contributed by atoms with Crippen LogP contribution >= 0.6 is 0 Å². The van der Waals surface area contributed by atoms with E-state index in [1.165, 1.54) is 11.1 Å². The lowest BCUT2D eigenvalue weighted by molar-refractivity contribution is -0.115. The fourth-order valence-electron chi connectivity index (χ4n) is 1.85. The SMILES string of the molecule is Cc1ccc(NC(=O)CNCc2cccnc2)cc1C. The highest BCUT2D eigenvalue weighted by atomic mass is 16.1. The number of hydrogen-bond donors (Lipinski definition) is 2. The molecule has 0 radical (unpaired) electrons. The first-order chi connectivity index (χ1) is 9.65. The van der Waals surface area contributed by atoms with Gasteiger partial charge in [0, 0.05) is 24.6 Å². The molecule has 1 amide bonds. The van der Waals surface area contributed by atoms with Crippen LogP contribution in [0.5, 0.6) is 0 Å². The third-order valence-electron chi connectivity index (χ3n) is 3.13. The molecule has 2 N–H and O–H groups in total. The van der Waals surface area contributed by atoms with Crippen molar-refractivity contribution in [2.45, 2.75) is 20.4 Å². The van der Waals surface area contributed by atoms with Crippen molar-refractivity contribution in [1.29, 1.82) is 0 Å². The summed E-state index contributed by atoms with van der Waals surface area (Å²) >= 11 is 0. The predicted molar refractivity (Wildman–Crippen MR) is 80.5 cm³/mol. The second-order valence-electron chi connectivity index (χ2n) is 4.81. The van der Waals surface area contributed by atoms with Gasteiger partial charge in [-0.25, -0.2) is 0 Å². The number of nitrogens with zero attached hydrogens (tertiary/aromatic N) is 1. The highest BCUT2D eigenvalue weighted by molar-refractivity contribution is 5.92. The molecular weight excluding hydrogens is 250 g/mol. The number of rotatable bonds is 5. The first-order valence-electron chi connectivity index (χ1n) is 6.62. The fraction of sp³-hybridized carbons (Fsp3) is 0.250. The van der Waals surface area contributed by atoms with Crippen molar-refractivity contribution in [2.75, 3.05) is 11.9 Å². The number of carbonyl (C=O) groups excluding carboxylic acids is 1. The van der Waals surface area contributed by atoms with Gasteiger partial charge in [-0.1, -0.05) is 12.1 Å². The molecule has 2 rings (SSSR count). The van der Waals surface area contributed by atoms with Crippen molar-refractivity contribution < 1.29 is 4.79 Å². The van der Waals surface area contributed by atoms with Gasteiger partial charge in [0.1, 0.15) is 0 Å². The van der Waals surface area contributed by atoms with Gasteiger partial charge in [0.15, 0.2) is 0 Å². The van der Waals surface area contributed by atoms with E-state index in [9.17, 15) is 4.79 Å². The molecule has 1 aromatic carbocycles. The molecule has 2 aromatic rings. The number of hydrogen-bond acceptors (Lipinski definition) is 3. The van der Waals surface area contributed by atoms with Crippen LogP contribution in [-0.2, 0) is 11.3 Å². The van der Waals surface area contributed by atoms with Crippen LogP contribution in [0, 0.1) is 13.8 Å². The Labute approximate surface area is 119 Å². The summed E-state index contributed by atoms with van der Waals surface area (Å²) in [4.78, 5) is 15.8. The number of anilines is 1. The van der Waals surface area contributed by atoms with E-state index in [4.69, 9.17) is 0 Å². The summed E-state index contributed by atoms with van der Waals surface area (Å²) < 4.78 is 0. The van der Waals surface area contributed by atoms with E-state index in [1.807, 2.05) is 37.3 Å². The number of aryl methyl sites for hydroxylation is 2. The minimum absolute atomic E-state index is 0.0443. The standard InChI is InChI=1S/C16H19N3O/c1-12-5-6-15(8-13(12)2)19-16(20)11-18-10-14-4-3-7-17-9-14/h3-9,18H,10-11H2,1-2H3,(H,19,20). The van der Waals surface area contributed by atoms with Gasteiger partial charge in [-0.05, 0) is 48.7 Å². The van der Waals surface area contributed by atoms with Gasteiger partial charge in [-0.2, -0.15) is 0 Å². The minimum atomic E-state index is -0.0443. The van der Waals surface area contributed by atoms with Crippen molar-refractivity contribution in [1.82, 2.24) is 10.3 Å². The number of benzene rings is 1. The molecule has 0 spiro atoms. The summed E-state index contributed by atoms with van der Waals surface area (Å²) in [5, 5.41) is 5.97. The molecule has 0 aliphatic carbocycles. The van der Waals surface area contributed by atoms with E-state index in [0.717, 1.165) is 11.3 Å². The molecule has 1 heterocycles. The van der Waals surface area contributed by atoms with Crippen molar-refractivity contribution >= 4 is 11.6 Å². The van der Waals surface area contributed by atoms with Gasteiger partial charge >= 0.3 is 0 Å². The quantitative estimate of drug-likeness (QED) is 0.876. The van der Waals surface area contributed by atoms with Crippen LogP contribution in [0.25, 0.3) is 0 Å². The molecule has 0 aliphatic rings. The summed E-state index contributed by atoms with van der Waals surface area (Å²) in [6, 6.07) is 9.76. The van der Waals surface area contributed by atoms with Crippen LogP contribution < -0.4 is 10.6 Å². The molecule has 4 heteroatoms. The van der Waals surface area contributed by atoms with Gasteiger partial charge in [-0.3, -0.25) is 9.78 Å². The molecular formula is C16H19N3O. The zero-order chi connectivity index (χ0) is 14.4. The van der Waals surface area contributed by atoms with Crippen LogP contribution in [-0.4, -0.2) is 17.4 Å². The third kappa shape index (κ3) is 4.17. The summed E-state index contributed by atoms with van der Waals surface area (Å²) in [6.07, 6.45) is 3.52. The Bertz CT molecular complexity index is 582. The van der Waals surface area contributed by atoms with Crippen molar-refractivity contribution in [3.8, 4) is 0 Å². The van der Waals surface area contributed by atoms with Crippen LogP contribution in [0.3, 0.4) is 0 Å². The van der Waals surface area contributed by atoms with Crippen LogP contribution in [0.2, 0.25) is 0 Å². The highest BCUT2D eigenvalue weighted by Crippen LogP contribution is 2.13. The largest absolute Gasteiger partial charge is 0.325 e. The first kappa shape index (κ1) is 14.2. The van der Waals surface area contributed by atoms with E-state index >= 15 is 0 Å². The first-order valence-corrected chi connectivity index (χ1v) is 6.62. The molecule has 0 unspecified atom stereocenters. The number of carbonyl (C=O) groups is 1. The Morgan fingerprint density at radius 1 is 1.20 bits per heavy atom. The van der Waals surface area contributed by atoms with Crippen LogP contribution in [0.15, 0.2) is 42.7 Å². The molecule has 20 heavy (non-hydrogen) atoms. The summed E-state index contributed by atoms with van der Waals surface area (Å²) in [7, 11) is 0. The van der Waals surface area contributed by atoms with Gasteiger partial charge in [0.05, 0.1) is 6.54 Å². The minimum Gasteiger partial charge on any atom is -0.325 e. The predicted octanol–water partition coefficient (Wildman–Crippen LogP) is 2.43.